The van der Waals surface area contributed by atoms with Crippen LogP contribution in [0.2, 0.25) is 0 Å². The third kappa shape index (κ3) is 7.20. The molecule has 0 aliphatic carbocycles. The van der Waals surface area contributed by atoms with Gasteiger partial charge in [0.1, 0.15) is 22.8 Å². The Bertz CT molecular complexity index is 1350. The van der Waals surface area contributed by atoms with E-state index in [0.717, 1.165) is 0 Å². The number of hydrogen-bond acceptors (Lipinski definition) is 8. The van der Waals surface area contributed by atoms with E-state index in [1.807, 2.05) is 0 Å². The maximum atomic E-state index is 13.7. The number of benzene rings is 3. The van der Waals surface area contributed by atoms with Crippen molar-refractivity contribution in [2.75, 3.05) is 20.8 Å². The van der Waals surface area contributed by atoms with Gasteiger partial charge in [0.15, 0.2) is 6.61 Å². The van der Waals surface area contributed by atoms with Gasteiger partial charge in [-0.05, 0) is 104 Å². The van der Waals surface area contributed by atoms with Crippen molar-refractivity contribution in [3.05, 3.63) is 72.8 Å². The van der Waals surface area contributed by atoms with Gasteiger partial charge < -0.3 is 18.9 Å². The molecule has 0 aromatic heterocycles. The highest BCUT2D eigenvalue weighted by Gasteiger charge is 2.52. The first kappa shape index (κ1) is 31.1. The lowest BCUT2D eigenvalue weighted by atomic mass is 10.2. The molecule has 3 rings (SSSR count). The van der Waals surface area contributed by atoms with Crippen molar-refractivity contribution in [3.63, 3.8) is 0 Å². The Balaban J connectivity index is 2.18. The number of carbonyl (C=O) groups is 1. The van der Waals surface area contributed by atoms with Gasteiger partial charge in [0.2, 0.25) is 0 Å². The van der Waals surface area contributed by atoms with E-state index in [0.29, 0.717) is 11.5 Å². The number of methoxy groups -OCH3 is 2. The van der Waals surface area contributed by atoms with E-state index >= 15 is 0 Å². The van der Waals surface area contributed by atoms with Gasteiger partial charge >= 0.3 is 21.6 Å². The molecule has 13 heteroatoms. The molecule has 0 fully saturated rings. The largest absolute Gasteiger partial charge is 0.524 e. The molecule has 3 aromatic carbocycles. The first-order valence-electron chi connectivity index (χ1n) is 11.7. The van der Waals surface area contributed by atoms with Crippen molar-refractivity contribution >= 4 is 26.4 Å². The third-order valence-corrected chi connectivity index (χ3v) is 10.1. The predicted octanol–water partition coefficient (Wildman–Crippen LogP) is 6.49. The molecule has 0 amide bonds. The summed E-state index contributed by atoms with van der Waals surface area (Å²) >= 11 is 0. The molecular formula is C27H29F3O8S2. The van der Waals surface area contributed by atoms with Crippen LogP contribution in [-0.4, -0.2) is 46.3 Å². The highest BCUT2D eigenvalue weighted by atomic mass is 32.3. The molecular weight excluding hydrogens is 573 g/mol. The molecule has 0 saturated heterocycles. The summed E-state index contributed by atoms with van der Waals surface area (Å²) in [5.41, 5.74) is -6.41. The van der Waals surface area contributed by atoms with Crippen molar-refractivity contribution in [2.24, 2.45) is 0 Å². The van der Waals surface area contributed by atoms with E-state index in [-0.39, 0.29) is 20.4 Å². The molecule has 40 heavy (non-hydrogen) atoms. The number of halogens is 3. The van der Waals surface area contributed by atoms with Crippen molar-refractivity contribution < 1.29 is 49.0 Å². The van der Waals surface area contributed by atoms with Crippen LogP contribution in [0.25, 0.3) is 0 Å². The Hall–Kier alpha value is -3.42. The molecule has 8 nitrogen and oxygen atoms in total. The minimum absolute atomic E-state index is 0.111. The number of esters is 1. The Kier molecular flexibility index (Phi) is 9.32. The second-order valence-corrected chi connectivity index (χ2v) is 13.7. The molecule has 0 radical (unpaired) electrons. The van der Waals surface area contributed by atoms with Gasteiger partial charge in [-0.25, -0.2) is 4.79 Å². The van der Waals surface area contributed by atoms with Crippen LogP contribution in [-0.2, 0) is 23.3 Å². The fraction of sp³-hybridized carbons (Fsp3) is 0.296. The monoisotopic (exact) mass is 602 g/mol. The molecule has 0 N–H and O–H groups in total. The summed E-state index contributed by atoms with van der Waals surface area (Å²) in [6, 6.07) is 17.3. The summed E-state index contributed by atoms with van der Waals surface area (Å²) in [6.45, 7) is 4.70. The number of rotatable bonds is 10. The first-order valence-corrected chi connectivity index (χ1v) is 14.7. The molecule has 0 unspecified atom stereocenters. The summed E-state index contributed by atoms with van der Waals surface area (Å²) in [5, 5.41) is 0. The molecule has 0 aliphatic heterocycles. The fourth-order valence-electron chi connectivity index (χ4n) is 3.47. The Morgan fingerprint density at radius 1 is 0.700 bits per heavy atom. The number of hydrogen-bond donors (Lipinski definition) is 0. The van der Waals surface area contributed by atoms with E-state index < -0.39 is 44.1 Å². The van der Waals surface area contributed by atoms with Crippen molar-refractivity contribution in [1.82, 2.24) is 0 Å². The van der Waals surface area contributed by atoms with Gasteiger partial charge in [-0.1, -0.05) is 0 Å². The van der Waals surface area contributed by atoms with E-state index in [2.05, 4.69) is 0 Å². The molecule has 0 atom stereocenters. The quantitative estimate of drug-likeness (QED) is 0.192. The van der Waals surface area contributed by atoms with Crippen LogP contribution in [0.15, 0.2) is 87.5 Å². The smallest absolute Gasteiger partial charge is 0.497 e. The molecule has 0 spiro atoms. The number of carbonyl (C=O) groups excluding carboxylic acids is 1. The van der Waals surface area contributed by atoms with Gasteiger partial charge in [-0.15, -0.1) is 0 Å². The van der Waals surface area contributed by atoms with Crippen LogP contribution in [0.5, 0.6) is 17.2 Å². The standard InChI is InChI=1S/C27H29F3O8S2/c1-26(2,3)37-25(31)18-36-21-10-16-24(17-11-21)39(38-40(32,33)27(28,29)30,22-12-6-19(34-4)7-13-22)23-14-8-20(35-5)9-15-23/h6-17H,18H2,1-5H3. The zero-order chi connectivity index (χ0) is 29.8. The van der Waals surface area contributed by atoms with Crippen molar-refractivity contribution in [3.8, 4) is 17.2 Å². The van der Waals surface area contributed by atoms with Gasteiger partial charge in [0.05, 0.1) is 14.2 Å². The van der Waals surface area contributed by atoms with Crippen LogP contribution < -0.4 is 14.2 Å². The predicted molar refractivity (Wildman–Crippen MR) is 142 cm³/mol. The normalized spacial score (nSPS) is 12.9. The molecule has 0 heterocycles. The highest BCUT2D eigenvalue weighted by molar-refractivity contribution is 8.33. The van der Waals surface area contributed by atoms with Gasteiger partial charge in [-0.3, -0.25) is 0 Å². The lowest BCUT2D eigenvalue weighted by Crippen LogP contribution is -2.27. The maximum Gasteiger partial charge on any atom is 0.524 e. The Morgan fingerprint density at radius 3 is 1.40 bits per heavy atom. The minimum Gasteiger partial charge on any atom is -0.497 e. The van der Waals surface area contributed by atoms with E-state index in [4.69, 9.17) is 22.6 Å². The second-order valence-electron chi connectivity index (χ2n) is 9.22. The third-order valence-electron chi connectivity index (χ3n) is 5.19. The molecule has 0 bridgehead atoms. The van der Waals surface area contributed by atoms with Gasteiger partial charge in [0.25, 0.3) is 0 Å². The lowest BCUT2D eigenvalue weighted by molar-refractivity contribution is -0.157. The van der Waals surface area contributed by atoms with Crippen LogP contribution in [0.3, 0.4) is 0 Å². The second kappa shape index (κ2) is 12.0. The maximum absolute atomic E-state index is 13.7. The van der Waals surface area contributed by atoms with Crippen LogP contribution in [0.4, 0.5) is 13.2 Å². The zero-order valence-electron chi connectivity index (χ0n) is 22.4. The van der Waals surface area contributed by atoms with Gasteiger partial charge in [0, 0.05) is 14.7 Å². The molecule has 0 saturated carbocycles. The zero-order valence-corrected chi connectivity index (χ0v) is 24.0. The Labute approximate surface area is 232 Å². The van der Waals surface area contributed by atoms with Crippen LogP contribution in [0.1, 0.15) is 20.8 Å². The molecule has 3 aromatic rings. The highest BCUT2D eigenvalue weighted by Crippen LogP contribution is 2.71. The average molecular weight is 603 g/mol. The lowest BCUT2D eigenvalue weighted by Gasteiger charge is -2.39. The summed E-state index contributed by atoms with van der Waals surface area (Å²) in [5.74, 6) is 0.381. The van der Waals surface area contributed by atoms with Crippen LogP contribution in [0, 0.1) is 0 Å². The molecule has 218 valence electrons. The SMILES string of the molecule is COc1ccc(S(OS(=O)(=O)C(F)(F)F)(c2ccc(OC)cc2)c2ccc(OCC(=O)OC(C)(C)C)cc2)cc1. The molecule has 0 aliphatic rings. The van der Waals surface area contributed by atoms with Crippen molar-refractivity contribution in [2.45, 2.75) is 46.6 Å². The van der Waals surface area contributed by atoms with E-state index in [9.17, 15) is 26.4 Å². The summed E-state index contributed by atoms with van der Waals surface area (Å²) in [4.78, 5) is 12.4. The number of ether oxygens (including phenoxy) is 4. The topological polar surface area (TPSA) is 97.4 Å². The first-order chi connectivity index (χ1) is 18.6. The number of alkyl halides is 3. The minimum atomic E-state index is -6.10. The van der Waals surface area contributed by atoms with E-state index in [1.165, 1.54) is 87.0 Å². The fourth-order valence-corrected chi connectivity index (χ4v) is 8.18. The summed E-state index contributed by atoms with van der Waals surface area (Å²) in [6.07, 6.45) is 0. The Morgan fingerprint density at radius 2 is 1.07 bits per heavy atom. The summed E-state index contributed by atoms with van der Waals surface area (Å²) in [7, 11) is -6.83. The van der Waals surface area contributed by atoms with E-state index in [1.54, 1.807) is 20.8 Å². The average Bonchev–Trinajstić information content (AvgIpc) is 2.89. The van der Waals surface area contributed by atoms with Gasteiger partial charge in [-0.2, -0.15) is 25.2 Å². The van der Waals surface area contributed by atoms with Crippen LogP contribution >= 0.6 is 10.3 Å². The van der Waals surface area contributed by atoms with Crippen molar-refractivity contribution in [1.29, 1.82) is 0 Å². The summed E-state index contributed by atoms with van der Waals surface area (Å²) < 4.78 is 92.4.